The van der Waals surface area contributed by atoms with Gasteiger partial charge in [0.05, 0.1) is 5.69 Å². The third kappa shape index (κ3) is 4.63. The van der Waals surface area contributed by atoms with Gasteiger partial charge < -0.3 is 10.6 Å². The van der Waals surface area contributed by atoms with Gasteiger partial charge in [0, 0.05) is 17.4 Å². The molecule has 0 aliphatic carbocycles. The SMILES string of the molecule is CCc1ccccc1NC(=O)Cn1nnc(C(=O)Nc2ccc(F)c(F)c2)c1C. The highest BCUT2D eigenvalue weighted by Crippen LogP contribution is 2.17. The Balaban J connectivity index is 1.69. The molecule has 3 aromatic rings. The summed E-state index contributed by atoms with van der Waals surface area (Å²) in [5.74, 6) is -3.05. The van der Waals surface area contributed by atoms with Crippen LogP contribution in [-0.2, 0) is 17.8 Å². The summed E-state index contributed by atoms with van der Waals surface area (Å²) >= 11 is 0. The Morgan fingerprint density at radius 1 is 1.07 bits per heavy atom. The number of anilines is 2. The molecule has 2 N–H and O–H groups in total. The molecule has 0 bridgehead atoms. The third-order valence-electron chi connectivity index (χ3n) is 4.34. The Hall–Kier alpha value is -3.62. The van der Waals surface area contributed by atoms with E-state index in [1.165, 1.54) is 10.7 Å². The predicted octanol–water partition coefficient (Wildman–Crippen LogP) is 3.32. The van der Waals surface area contributed by atoms with Gasteiger partial charge in [-0.3, -0.25) is 9.59 Å². The number of amides is 2. The van der Waals surface area contributed by atoms with E-state index in [1.807, 2.05) is 31.2 Å². The Labute approximate surface area is 165 Å². The van der Waals surface area contributed by atoms with Gasteiger partial charge in [-0.25, -0.2) is 13.5 Å². The van der Waals surface area contributed by atoms with Crippen LogP contribution in [0.5, 0.6) is 0 Å². The van der Waals surface area contributed by atoms with Crippen molar-refractivity contribution >= 4 is 23.2 Å². The lowest BCUT2D eigenvalue weighted by molar-refractivity contribution is -0.117. The molecule has 0 atom stereocenters. The largest absolute Gasteiger partial charge is 0.324 e. The molecular formula is C20H19F2N5O2. The molecule has 0 fully saturated rings. The first-order valence-electron chi connectivity index (χ1n) is 8.93. The zero-order valence-corrected chi connectivity index (χ0v) is 15.9. The van der Waals surface area contributed by atoms with Gasteiger partial charge in [-0.05, 0) is 37.1 Å². The molecule has 1 heterocycles. The highest BCUT2D eigenvalue weighted by molar-refractivity contribution is 6.03. The molecular weight excluding hydrogens is 380 g/mol. The second-order valence-electron chi connectivity index (χ2n) is 6.32. The molecule has 0 saturated carbocycles. The number of hydrogen-bond acceptors (Lipinski definition) is 4. The van der Waals surface area contributed by atoms with Gasteiger partial charge in [-0.15, -0.1) is 5.10 Å². The summed E-state index contributed by atoms with van der Waals surface area (Å²) in [6.45, 7) is 3.45. The Morgan fingerprint density at radius 3 is 2.55 bits per heavy atom. The van der Waals surface area contributed by atoms with E-state index < -0.39 is 17.5 Å². The summed E-state index contributed by atoms with van der Waals surface area (Å²) in [7, 11) is 0. The van der Waals surface area contributed by atoms with Gasteiger partial charge in [0.1, 0.15) is 6.54 Å². The molecule has 0 aliphatic rings. The number of nitrogens with zero attached hydrogens (tertiary/aromatic N) is 3. The minimum atomic E-state index is -1.08. The summed E-state index contributed by atoms with van der Waals surface area (Å²) in [6, 6.07) is 10.5. The molecule has 9 heteroatoms. The fourth-order valence-corrected chi connectivity index (χ4v) is 2.76. The Morgan fingerprint density at radius 2 is 1.83 bits per heavy atom. The lowest BCUT2D eigenvalue weighted by atomic mass is 10.1. The maximum atomic E-state index is 13.3. The van der Waals surface area contributed by atoms with Crippen molar-refractivity contribution in [2.45, 2.75) is 26.8 Å². The normalized spacial score (nSPS) is 10.6. The second kappa shape index (κ2) is 8.59. The number of aryl methyl sites for hydroxylation is 1. The minimum absolute atomic E-state index is 0.0171. The number of rotatable bonds is 6. The van der Waals surface area contributed by atoms with Crippen LogP contribution >= 0.6 is 0 Å². The van der Waals surface area contributed by atoms with E-state index in [1.54, 1.807) is 6.92 Å². The second-order valence-corrected chi connectivity index (χ2v) is 6.32. The first-order valence-corrected chi connectivity index (χ1v) is 8.93. The summed E-state index contributed by atoms with van der Waals surface area (Å²) in [5.41, 5.74) is 2.15. The van der Waals surface area contributed by atoms with Crippen LogP contribution in [0, 0.1) is 18.6 Å². The number of aromatic nitrogens is 3. The summed E-state index contributed by atoms with van der Waals surface area (Å²) in [5, 5.41) is 12.9. The number of carbonyl (C=O) groups excluding carboxylic acids is 2. The topological polar surface area (TPSA) is 88.9 Å². The molecule has 0 spiro atoms. The average Bonchev–Trinajstić information content (AvgIpc) is 3.05. The lowest BCUT2D eigenvalue weighted by Gasteiger charge is -2.10. The molecule has 0 unspecified atom stereocenters. The van der Waals surface area contributed by atoms with Gasteiger partial charge in [-0.1, -0.05) is 30.3 Å². The van der Waals surface area contributed by atoms with E-state index in [4.69, 9.17) is 0 Å². The lowest BCUT2D eigenvalue weighted by Crippen LogP contribution is -2.21. The van der Waals surface area contributed by atoms with Crippen LogP contribution in [0.2, 0.25) is 0 Å². The minimum Gasteiger partial charge on any atom is -0.324 e. The van der Waals surface area contributed by atoms with Crippen molar-refractivity contribution in [1.29, 1.82) is 0 Å². The number of nitrogens with one attached hydrogen (secondary N) is 2. The van der Waals surface area contributed by atoms with E-state index in [2.05, 4.69) is 20.9 Å². The zero-order valence-electron chi connectivity index (χ0n) is 15.9. The standard InChI is InChI=1S/C20H19F2N5O2/c1-3-13-6-4-5-7-17(13)24-18(28)11-27-12(2)19(25-26-27)20(29)23-14-8-9-15(21)16(22)10-14/h4-10H,3,11H2,1-2H3,(H,23,29)(H,24,28). The van der Waals surface area contributed by atoms with Gasteiger partial charge >= 0.3 is 0 Å². The van der Waals surface area contributed by atoms with Crippen molar-refractivity contribution in [3.8, 4) is 0 Å². The molecule has 3 rings (SSSR count). The highest BCUT2D eigenvalue weighted by Gasteiger charge is 2.19. The van der Waals surface area contributed by atoms with Crippen LogP contribution < -0.4 is 10.6 Å². The maximum absolute atomic E-state index is 13.3. The fourth-order valence-electron chi connectivity index (χ4n) is 2.76. The van der Waals surface area contributed by atoms with Crippen LogP contribution in [0.4, 0.5) is 20.2 Å². The molecule has 29 heavy (non-hydrogen) atoms. The van der Waals surface area contributed by atoms with E-state index >= 15 is 0 Å². The number of para-hydroxylation sites is 1. The summed E-state index contributed by atoms with van der Waals surface area (Å²) in [6.07, 6.45) is 0.771. The van der Waals surface area contributed by atoms with Gasteiger partial charge in [0.25, 0.3) is 5.91 Å². The van der Waals surface area contributed by atoms with Gasteiger partial charge in [-0.2, -0.15) is 0 Å². The monoisotopic (exact) mass is 399 g/mol. The van der Waals surface area contributed by atoms with E-state index in [0.717, 1.165) is 24.1 Å². The van der Waals surface area contributed by atoms with Crippen molar-refractivity contribution in [3.63, 3.8) is 0 Å². The van der Waals surface area contributed by atoms with Crippen LogP contribution in [0.3, 0.4) is 0 Å². The molecule has 7 nitrogen and oxygen atoms in total. The van der Waals surface area contributed by atoms with E-state index in [9.17, 15) is 18.4 Å². The molecule has 0 radical (unpaired) electrons. The van der Waals surface area contributed by atoms with E-state index in [0.29, 0.717) is 11.4 Å². The van der Waals surface area contributed by atoms with Crippen LogP contribution in [0.1, 0.15) is 28.7 Å². The van der Waals surface area contributed by atoms with Crippen molar-refractivity contribution in [3.05, 3.63) is 71.1 Å². The van der Waals surface area contributed by atoms with Crippen molar-refractivity contribution in [2.75, 3.05) is 10.6 Å². The molecule has 0 saturated heterocycles. The number of benzene rings is 2. The third-order valence-corrected chi connectivity index (χ3v) is 4.34. The Kier molecular flexibility index (Phi) is 5.96. The molecule has 1 aromatic heterocycles. The van der Waals surface area contributed by atoms with Crippen molar-refractivity contribution < 1.29 is 18.4 Å². The van der Waals surface area contributed by atoms with Crippen molar-refractivity contribution in [1.82, 2.24) is 15.0 Å². The van der Waals surface area contributed by atoms with Crippen molar-refractivity contribution in [2.24, 2.45) is 0 Å². The Bertz CT molecular complexity index is 1060. The smallest absolute Gasteiger partial charge is 0.278 e. The first-order chi connectivity index (χ1) is 13.9. The quantitative estimate of drug-likeness (QED) is 0.666. The number of halogens is 2. The number of carbonyl (C=O) groups is 2. The molecule has 150 valence electrons. The summed E-state index contributed by atoms with van der Waals surface area (Å²) < 4.78 is 27.6. The highest BCUT2D eigenvalue weighted by atomic mass is 19.2. The zero-order chi connectivity index (χ0) is 21.0. The maximum Gasteiger partial charge on any atom is 0.278 e. The van der Waals surface area contributed by atoms with E-state index in [-0.39, 0.29) is 23.8 Å². The number of hydrogen-bond donors (Lipinski definition) is 2. The molecule has 2 aromatic carbocycles. The fraction of sp³-hybridized carbons (Fsp3) is 0.200. The summed E-state index contributed by atoms with van der Waals surface area (Å²) in [4.78, 5) is 24.7. The first kappa shape index (κ1) is 20.1. The average molecular weight is 399 g/mol. The van der Waals surface area contributed by atoms with Crippen LogP contribution in [0.25, 0.3) is 0 Å². The molecule has 0 aliphatic heterocycles. The van der Waals surface area contributed by atoms with Gasteiger partial charge in [0.2, 0.25) is 5.91 Å². The van der Waals surface area contributed by atoms with Gasteiger partial charge in [0.15, 0.2) is 17.3 Å². The van der Waals surface area contributed by atoms with Crippen LogP contribution in [-0.4, -0.2) is 26.8 Å². The predicted molar refractivity (Wildman–Crippen MR) is 104 cm³/mol. The van der Waals surface area contributed by atoms with Crippen LogP contribution in [0.15, 0.2) is 42.5 Å². The molecule has 2 amide bonds.